The smallest absolute Gasteiger partial charge is 0.137 e. The Labute approximate surface area is 124 Å². The molecule has 1 aromatic carbocycles. The highest BCUT2D eigenvalue weighted by molar-refractivity contribution is 6.32. The fourth-order valence-corrected chi connectivity index (χ4v) is 2.19. The van der Waals surface area contributed by atoms with Gasteiger partial charge in [-0.05, 0) is 42.8 Å². The largest absolute Gasteiger partial charge is 0.495 e. The van der Waals surface area contributed by atoms with Crippen molar-refractivity contribution < 1.29 is 9.15 Å². The van der Waals surface area contributed by atoms with Gasteiger partial charge in [0.1, 0.15) is 17.3 Å². The van der Waals surface area contributed by atoms with E-state index in [9.17, 15) is 0 Å². The van der Waals surface area contributed by atoms with E-state index in [-0.39, 0.29) is 0 Å². The third-order valence-corrected chi connectivity index (χ3v) is 3.25. The molecule has 0 saturated heterocycles. The summed E-state index contributed by atoms with van der Waals surface area (Å²) < 4.78 is 11.0. The standard InChI is InChI=1S/C16H20ClNO2/c1-11(2)9-18-10-13-5-7-15(20-13)12-4-6-16(19-3)14(17)8-12/h4-8,11,18H,9-10H2,1-3H3. The molecule has 1 N–H and O–H groups in total. The van der Waals surface area contributed by atoms with Gasteiger partial charge in [0, 0.05) is 5.56 Å². The van der Waals surface area contributed by atoms with Crippen molar-refractivity contribution in [3.8, 4) is 17.1 Å². The lowest BCUT2D eigenvalue weighted by Crippen LogP contribution is -2.18. The van der Waals surface area contributed by atoms with Crippen LogP contribution in [0, 0.1) is 5.92 Å². The molecule has 0 aliphatic carbocycles. The molecule has 0 aliphatic heterocycles. The number of benzene rings is 1. The van der Waals surface area contributed by atoms with E-state index in [1.807, 2.05) is 30.3 Å². The minimum Gasteiger partial charge on any atom is -0.495 e. The summed E-state index contributed by atoms with van der Waals surface area (Å²) in [6, 6.07) is 9.58. The first-order valence-corrected chi connectivity index (χ1v) is 7.11. The fraction of sp³-hybridized carbons (Fsp3) is 0.375. The van der Waals surface area contributed by atoms with E-state index in [4.69, 9.17) is 20.8 Å². The highest BCUT2D eigenvalue weighted by Crippen LogP contribution is 2.31. The van der Waals surface area contributed by atoms with Gasteiger partial charge in [0.15, 0.2) is 0 Å². The average Bonchev–Trinajstić information content (AvgIpc) is 2.87. The van der Waals surface area contributed by atoms with E-state index in [1.165, 1.54) is 0 Å². The van der Waals surface area contributed by atoms with E-state index in [0.717, 1.165) is 30.2 Å². The molecule has 2 rings (SSSR count). The van der Waals surface area contributed by atoms with Gasteiger partial charge in [0.25, 0.3) is 0 Å². The first-order chi connectivity index (χ1) is 9.60. The van der Waals surface area contributed by atoms with E-state index in [0.29, 0.717) is 16.7 Å². The topological polar surface area (TPSA) is 34.4 Å². The molecule has 0 fully saturated rings. The molecule has 0 unspecified atom stereocenters. The highest BCUT2D eigenvalue weighted by Gasteiger charge is 2.08. The molecule has 0 saturated carbocycles. The zero-order valence-corrected chi connectivity index (χ0v) is 12.8. The van der Waals surface area contributed by atoms with Crippen LogP contribution in [-0.4, -0.2) is 13.7 Å². The lowest BCUT2D eigenvalue weighted by Gasteiger charge is -2.06. The lowest BCUT2D eigenvalue weighted by molar-refractivity contribution is 0.415. The van der Waals surface area contributed by atoms with E-state index >= 15 is 0 Å². The molecule has 0 atom stereocenters. The molecule has 0 aliphatic rings. The second kappa shape index (κ2) is 6.82. The normalized spacial score (nSPS) is 11.1. The summed E-state index contributed by atoms with van der Waals surface area (Å²) in [7, 11) is 1.60. The van der Waals surface area contributed by atoms with Crippen LogP contribution in [0.1, 0.15) is 19.6 Å². The van der Waals surface area contributed by atoms with Crippen LogP contribution in [0.25, 0.3) is 11.3 Å². The van der Waals surface area contributed by atoms with Crippen LogP contribution in [0.4, 0.5) is 0 Å². The number of hydrogen-bond acceptors (Lipinski definition) is 3. The van der Waals surface area contributed by atoms with Crippen molar-refractivity contribution in [2.24, 2.45) is 5.92 Å². The van der Waals surface area contributed by atoms with Crippen molar-refractivity contribution in [1.82, 2.24) is 5.32 Å². The van der Waals surface area contributed by atoms with Gasteiger partial charge in [0.2, 0.25) is 0 Å². The monoisotopic (exact) mass is 293 g/mol. The summed E-state index contributed by atoms with van der Waals surface area (Å²) >= 11 is 6.13. The number of hydrogen-bond donors (Lipinski definition) is 1. The molecule has 4 heteroatoms. The molecule has 1 aromatic heterocycles. The van der Waals surface area contributed by atoms with Gasteiger partial charge in [-0.1, -0.05) is 25.4 Å². The summed E-state index contributed by atoms with van der Waals surface area (Å²) in [5.41, 5.74) is 0.950. The highest BCUT2D eigenvalue weighted by atomic mass is 35.5. The number of methoxy groups -OCH3 is 1. The maximum Gasteiger partial charge on any atom is 0.137 e. The molecular formula is C16H20ClNO2. The van der Waals surface area contributed by atoms with Gasteiger partial charge in [-0.25, -0.2) is 0 Å². The van der Waals surface area contributed by atoms with Crippen molar-refractivity contribution in [3.63, 3.8) is 0 Å². The van der Waals surface area contributed by atoms with E-state index in [1.54, 1.807) is 7.11 Å². The Kier molecular flexibility index (Phi) is 5.10. The van der Waals surface area contributed by atoms with Gasteiger partial charge in [0.05, 0.1) is 18.7 Å². The quantitative estimate of drug-likeness (QED) is 0.859. The Balaban J connectivity index is 2.06. The van der Waals surface area contributed by atoms with Gasteiger partial charge < -0.3 is 14.5 Å². The third kappa shape index (κ3) is 3.78. The minimum absolute atomic E-state index is 0.584. The van der Waals surface area contributed by atoms with Crippen molar-refractivity contribution >= 4 is 11.6 Å². The summed E-state index contributed by atoms with van der Waals surface area (Å²) in [6.45, 7) is 6.08. The van der Waals surface area contributed by atoms with Crippen LogP contribution in [-0.2, 0) is 6.54 Å². The van der Waals surface area contributed by atoms with Crippen molar-refractivity contribution in [2.75, 3.05) is 13.7 Å². The predicted molar refractivity (Wildman–Crippen MR) is 82.3 cm³/mol. The molecule has 0 amide bonds. The number of halogens is 1. The molecule has 0 radical (unpaired) electrons. The van der Waals surface area contributed by atoms with Gasteiger partial charge in [-0.2, -0.15) is 0 Å². The minimum atomic E-state index is 0.584. The van der Waals surface area contributed by atoms with Crippen LogP contribution in [0.2, 0.25) is 5.02 Å². The molecule has 1 heterocycles. The third-order valence-electron chi connectivity index (χ3n) is 2.95. The van der Waals surface area contributed by atoms with Gasteiger partial charge in [-0.15, -0.1) is 0 Å². The van der Waals surface area contributed by atoms with Crippen molar-refractivity contribution in [2.45, 2.75) is 20.4 Å². The molecule has 0 spiro atoms. The Bertz CT molecular complexity index is 563. The summed E-state index contributed by atoms with van der Waals surface area (Å²) in [6.07, 6.45) is 0. The van der Waals surface area contributed by atoms with Crippen molar-refractivity contribution in [1.29, 1.82) is 0 Å². The number of furan rings is 1. The summed E-state index contributed by atoms with van der Waals surface area (Å²) in [5.74, 6) is 3.04. The predicted octanol–water partition coefficient (Wildman–Crippen LogP) is 4.35. The summed E-state index contributed by atoms with van der Waals surface area (Å²) in [4.78, 5) is 0. The molecule has 108 valence electrons. The Hall–Kier alpha value is -1.45. The van der Waals surface area contributed by atoms with Crippen molar-refractivity contribution in [3.05, 3.63) is 41.1 Å². The maximum atomic E-state index is 6.13. The Morgan fingerprint density at radius 2 is 2.05 bits per heavy atom. The van der Waals surface area contributed by atoms with E-state index < -0.39 is 0 Å². The number of rotatable bonds is 6. The van der Waals surface area contributed by atoms with Crippen LogP contribution < -0.4 is 10.1 Å². The van der Waals surface area contributed by atoms with Crippen LogP contribution in [0.15, 0.2) is 34.7 Å². The first kappa shape index (κ1) is 14.9. The molecule has 2 aromatic rings. The summed E-state index contributed by atoms with van der Waals surface area (Å²) in [5, 5.41) is 3.94. The molecular weight excluding hydrogens is 274 g/mol. The average molecular weight is 294 g/mol. The van der Waals surface area contributed by atoms with Crippen LogP contribution in [0.5, 0.6) is 5.75 Å². The molecule has 20 heavy (non-hydrogen) atoms. The lowest BCUT2D eigenvalue weighted by atomic mass is 10.2. The molecule has 0 bridgehead atoms. The number of nitrogens with one attached hydrogen (secondary N) is 1. The van der Waals surface area contributed by atoms with Crippen LogP contribution >= 0.6 is 11.6 Å². The first-order valence-electron chi connectivity index (χ1n) is 6.73. The van der Waals surface area contributed by atoms with Crippen LogP contribution in [0.3, 0.4) is 0 Å². The SMILES string of the molecule is COc1ccc(-c2ccc(CNCC(C)C)o2)cc1Cl. The molecule has 3 nitrogen and oxygen atoms in total. The van der Waals surface area contributed by atoms with Gasteiger partial charge in [-0.3, -0.25) is 0 Å². The zero-order chi connectivity index (χ0) is 14.5. The second-order valence-corrected chi connectivity index (χ2v) is 5.55. The maximum absolute atomic E-state index is 6.13. The fourth-order valence-electron chi connectivity index (χ4n) is 1.93. The Morgan fingerprint density at radius 3 is 2.70 bits per heavy atom. The van der Waals surface area contributed by atoms with E-state index in [2.05, 4.69) is 19.2 Å². The van der Waals surface area contributed by atoms with Gasteiger partial charge >= 0.3 is 0 Å². The number of ether oxygens (including phenoxy) is 1. The zero-order valence-electron chi connectivity index (χ0n) is 12.1. The Morgan fingerprint density at radius 1 is 1.25 bits per heavy atom. The second-order valence-electron chi connectivity index (χ2n) is 5.14.